The number of nitrogens with zero attached hydrogens (tertiary/aromatic N) is 1. The summed E-state index contributed by atoms with van der Waals surface area (Å²) in [6.07, 6.45) is 10.1. The Hall–Kier alpha value is -1.90. The summed E-state index contributed by atoms with van der Waals surface area (Å²) in [4.78, 5) is 2.19. The van der Waals surface area contributed by atoms with Crippen LogP contribution in [0.15, 0.2) is 30.3 Å². The molecule has 0 bridgehead atoms. The minimum Gasteiger partial charge on any atom is -0.481 e. The van der Waals surface area contributed by atoms with Crippen molar-refractivity contribution < 1.29 is 4.74 Å². The molecular formula is C16H21NO. The number of para-hydroxylation sites is 1. The summed E-state index contributed by atoms with van der Waals surface area (Å²) in [5.41, 5.74) is 0. The van der Waals surface area contributed by atoms with Gasteiger partial charge in [0, 0.05) is 0 Å². The molecule has 0 N–H and O–H groups in total. The van der Waals surface area contributed by atoms with Gasteiger partial charge in [0.25, 0.3) is 0 Å². The Morgan fingerprint density at radius 1 is 1.06 bits per heavy atom. The van der Waals surface area contributed by atoms with Crippen LogP contribution in [0.3, 0.4) is 0 Å². The highest BCUT2D eigenvalue weighted by Gasteiger charge is 1.91. The molecule has 2 nitrogen and oxygen atoms in total. The number of benzene rings is 1. The van der Waals surface area contributed by atoms with Gasteiger partial charge in [-0.3, -0.25) is 4.90 Å². The van der Waals surface area contributed by atoms with E-state index < -0.39 is 0 Å². The van der Waals surface area contributed by atoms with E-state index in [0.717, 1.165) is 25.4 Å². The first kappa shape index (κ1) is 16.1. The summed E-state index contributed by atoms with van der Waals surface area (Å²) in [7, 11) is 0. The number of hydrogen-bond donors (Lipinski definition) is 0. The van der Waals surface area contributed by atoms with Gasteiger partial charge in [0.1, 0.15) is 12.4 Å². The van der Waals surface area contributed by atoms with Crippen molar-refractivity contribution in [2.45, 2.75) is 13.8 Å². The van der Waals surface area contributed by atoms with Crippen LogP contribution in [0.25, 0.3) is 0 Å². The van der Waals surface area contributed by atoms with E-state index in [1.807, 2.05) is 30.3 Å². The van der Waals surface area contributed by atoms with Crippen molar-refractivity contribution in [2.24, 2.45) is 0 Å². The van der Waals surface area contributed by atoms with E-state index in [4.69, 9.17) is 17.6 Å². The SMILES string of the molecule is C#CCN(CC)CC.C#CCOc1ccccc1. The first-order valence-corrected chi connectivity index (χ1v) is 6.05. The summed E-state index contributed by atoms with van der Waals surface area (Å²) in [6, 6.07) is 9.50. The molecule has 0 atom stereocenters. The van der Waals surface area contributed by atoms with Gasteiger partial charge in [-0.2, -0.15) is 0 Å². The molecule has 0 amide bonds. The van der Waals surface area contributed by atoms with Crippen LogP contribution in [0.2, 0.25) is 0 Å². The molecule has 0 aliphatic heterocycles. The molecule has 1 rings (SSSR count). The average molecular weight is 243 g/mol. The average Bonchev–Trinajstić information content (AvgIpc) is 2.44. The van der Waals surface area contributed by atoms with Gasteiger partial charge in [0.15, 0.2) is 0 Å². The van der Waals surface area contributed by atoms with Gasteiger partial charge in [-0.1, -0.05) is 43.9 Å². The highest BCUT2D eigenvalue weighted by Crippen LogP contribution is 2.06. The smallest absolute Gasteiger partial charge is 0.148 e. The van der Waals surface area contributed by atoms with Gasteiger partial charge in [0.05, 0.1) is 6.54 Å². The lowest BCUT2D eigenvalue weighted by molar-refractivity contribution is 0.342. The topological polar surface area (TPSA) is 12.5 Å². The highest BCUT2D eigenvalue weighted by atomic mass is 16.5. The third-order valence-electron chi connectivity index (χ3n) is 2.27. The monoisotopic (exact) mass is 243 g/mol. The van der Waals surface area contributed by atoms with Gasteiger partial charge >= 0.3 is 0 Å². The van der Waals surface area contributed by atoms with E-state index in [0.29, 0.717) is 6.61 Å². The van der Waals surface area contributed by atoms with Gasteiger partial charge in [-0.05, 0) is 25.2 Å². The van der Waals surface area contributed by atoms with Gasteiger partial charge < -0.3 is 4.74 Å². The Kier molecular flexibility index (Phi) is 10.4. The van der Waals surface area contributed by atoms with E-state index in [9.17, 15) is 0 Å². The lowest BCUT2D eigenvalue weighted by Crippen LogP contribution is -2.22. The Balaban J connectivity index is 0.000000331. The highest BCUT2D eigenvalue weighted by molar-refractivity contribution is 5.21. The first-order valence-electron chi connectivity index (χ1n) is 6.05. The molecule has 0 unspecified atom stereocenters. The first-order chi connectivity index (χ1) is 8.78. The van der Waals surface area contributed by atoms with Crippen LogP contribution in [-0.4, -0.2) is 31.1 Å². The van der Waals surface area contributed by atoms with E-state index in [1.165, 1.54) is 0 Å². The molecule has 1 aromatic carbocycles. The van der Waals surface area contributed by atoms with Crippen molar-refractivity contribution in [3.8, 4) is 30.4 Å². The van der Waals surface area contributed by atoms with Gasteiger partial charge in [-0.25, -0.2) is 0 Å². The lowest BCUT2D eigenvalue weighted by atomic mass is 10.3. The number of rotatable bonds is 5. The standard InChI is InChI=1S/C9H8O.C7H13N/c1-2-8-10-9-6-4-3-5-7-9;1-4-7-8(5-2)6-3/h1,3-7H,8H2;1H,5-7H2,2-3H3. The Bertz CT molecular complexity index is 368. The molecular weight excluding hydrogens is 222 g/mol. The van der Waals surface area contributed by atoms with Crippen molar-refractivity contribution in [1.29, 1.82) is 0 Å². The molecule has 0 heterocycles. The zero-order valence-electron chi connectivity index (χ0n) is 11.2. The molecule has 0 fully saturated rings. The normalized spacial score (nSPS) is 8.72. The van der Waals surface area contributed by atoms with Crippen molar-refractivity contribution >= 4 is 0 Å². The number of terminal acetylenes is 2. The molecule has 0 aliphatic rings. The van der Waals surface area contributed by atoms with E-state index in [2.05, 4.69) is 30.6 Å². The maximum absolute atomic E-state index is 5.12. The summed E-state index contributed by atoms with van der Waals surface area (Å²) in [5.74, 6) is 5.81. The molecule has 0 aromatic heterocycles. The Labute approximate surface area is 111 Å². The molecule has 0 saturated carbocycles. The van der Waals surface area contributed by atoms with Crippen molar-refractivity contribution in [2.75, 3.05) is 26.2 Å². The van der Waals surface area contributed by atoms with Crippen LogP contribution in [0, 0.1) is 24.7 Å². The quantitative estimate of drug-likeness (QED) is 0.737. The molecule has 0 aliphatic carbocycles. The molecule has 18 heavy (non-hydrogen) atoms. The minimum absolute atomic E-state index is 0.337. The molecule has 2 heteroatoms. The zero-order chi connectivity index (χ0) is 13.6. The second-order valence-corrected chi connectivity index (χ2v) is 3.47. The van der Waals surface area contributed by atoms with Crippen LogP contribution in [0.1, 0.15) is 13.8 Å². The predicted octanol–water partition coefficient (Wildman–Crippen LogP) is 2.66. The van der Waals surface area contributed by atoms with Crippen LogP contribution < -0.4 is 4.74 Å². The maximum Gasteiger partial charge on any atom is 0.148 e. The third kappa shape index (κ3) is 8.28. The fraction of sp³-hybridized carbons (Fsp3) is 0.375. The minimum atomic E-state index is 0.337. The fourth-order valence-electron chi connectivity index (χ4n) is 1.22. The second-order valence-electron chi connectivity index (χ2n) is 3.47. The van der Waals surface area contributed by atoms with Crippen LogP contribution in [-0.2, 0) is 0 Å². The molecule has 96 valence electrons. The summed E-state index contributed by atoms with van der Waals surface area (Å²) >= 11 is 0. The molecule has 1 aromatic rings. The van der Waals surface area contributed by atoms with Crippen LogP contribution in [0.4, 0.5) is 0 Å². The molecule has 0 radical (unpaired) electrons. The third-order valence-corrected chi connectivity index (χ3v) is 2.27. The maximum atomic E-state index is 5.12. The number of hydrogen-bond acceptors (Lipinski definition) is 2. The molecule has 0 saturated heterocycles. The van der Waals surface area contributed by atoms with Crippen molar-refractivity contribution in [1.82, 2.24) is 4.90 Å². The van der Waals surface area contributed by atoms with Gasteiger partial charge in [-0.15, -0.1) is 12.8 Å². The van der Waals surface area contributed by atoms with Crippen molar-refractivity contribution in [3.05, 3.63) is 30.3 Å². The largest absolute Gasteiger partial charge is 0.481 e. The second kappa shape index (κ2) is 11.6. The molecule has 0 spiro atoms. The summed E-state index contributed by atoms with van der Waals surface area (Å²) in [6.45, 7) is 7.46. The fourth-order valence-corrected chi connectivity index (χ4v) is 1.22. The summed E-state index contributed by atoms with van der Waals surface area (Å²) < 4.78 is 5.12. The lowest BCUT2D eigenvalue weighted by Gasteiger charge is -2.12. The van der Waals surface area contributed by atoms with E-state index in [1.54, 1.807) is 0 Å². The predicted molar refractivity (Wildman–Crippen MR) is 77.4 cm³/mol. The van der Waals surface area contributed by atoms with E-state index >= 15 is 0 Å². The van der Waals surface area contributed by atoms with Crippen LogP contribution in [0.5, 0.6) is 5.75 Å². The van der Waals surface area contributed by atoms with Crippen molar-refractivity contribution in [3.63, 3.8) is 0 Å². The van der Waals surface area contributed by atoms with Crippen LogP contribution >= 0.6 is 0 Å². The Morgan fingerprint density at radius 3 is 2.06 bits per heavy atom. The van der Waals surface area contributed by atoms with Gasteiger partial charge in [0.2, 0.25) is 0 Å². The summed E-state index contributed by atoms with van der Waals surface area (Å²) in [5, 5.41) is 0. The van der Waals surface area contributed by atoms with E-state index in [-0.39, 0.29) is 0 Å². The number of ether oxygens (including phenoxy) is 1. The Morgan fingerprint density at radius 2 is 1.67 bits per heavy atom. The zero-order valence-corrected chi connectivity index (χ0v) is 11.2.